The highest BCUT2D eigenvalue weighted by Gasteiger charge is 2.32. The molecule has 5 nitrogen and oxygen atoms in total. The lowest BCUT2D eigenvalue weighted by Gasteiger charge is -2.30. The van der Waals surface area contributed by atoms with Gasteiger partial charge in [-0.1, -0.05) is 6.42 Å². The molecule has 0 aromatic rings. The number of nitrogens with zero attached hydrogens (tertiary/aromatic N) is 2. The number of hydrogen-bond acceptors (Lipinski definition) is 3. The number of carbonyl (C=O) groups is 2. The summed E-state index contributed by atoms with van der Waals surface area (Å²) in [6.45, 7) is 5.03. The first-order valence-corrected chi connectivity index (χ1v) is 7.78. The summed E-state index contributed by atoms with van der Waals surface area (Å²) in [5.74, 6) is 0.859. The van der Waals surface area contributed by atoms with Crippen molar-refractivity contribution in [1.29, 1.82) is 0 Å². The Morgan fingerprint density at radius 3 is 2.75 bits per heavy atom. The second kappa shape index (κ2) is 7.07. The van der Waals surface area contributed by atoms with Crippen LogP contribution in [-0.2, 0) is 9.59 Å². The molecule has 2 aliphatic heterocycles. The van der Waals surface area contributed by atoms with Crippen LogP contribution in [0.25, 0.3) is 0 Å². The van der Waals surface area contributed by atoms with E-state index in [0.717, 1.165) is 26.1 Å². The van der Waals surface area contributed by atoms with Gasteiger partial charge in [-0.15, -0.1) is 0 Å². The van der Waals surface area contributed by atoms with Gasteiger partial charge in [0.25, 0.3) is 0 Å². The molecule has 0 aliphatic carbocycles. The van der Waals surface area contributed by atoms with E-state index in [9.17, 15) is 9.59 Å². The molecule has 2 saturated heterocycles. The third-order valence-electron chi connectivity index (χ3n) is 4.52. The van der Waals surface area contributed by atoms with Crippen molar-refractivity contribution in [2.24, 2.45) is 5.92 Å². The average molecular weight is 281 g/mol. The largest absolute Gasteiger partial charge is 0.356 e. The van der Waals surface area contributed by atoms with Gasteiger partial charge < -0.3 is 15.1 Å². The number of carbonyl (C=O) groups excluding carboxylic acids is 2. The average Bonchev–Trinajstić information content (AvgIpc) is 2.62. The molecule has 2 amide bonds. The minimum Gasteiger partial charge on any atom is -0.356 e. The van der Waals surface area contributed by atoms with Crippen LogP contribution in [0, 0.1) is 5.92 Å². The molecular formula is C15H27N3O2. The standard InChI is InChI=1S/C15H27N3O2/c1-12(19)16-8-4-7-15(20)18-10-13-5-3-6-14(11-18)17(2)9-13/h13-14H,3-11H2,1-2H3,(H,16,19)/t13-,14-/m0/s1. The quantitative estimate of drug-likeness (QED) is 0.777. The summed E-state index contributed by atoms with van der Waals surface area (Å²) >= 11 is 0. The van der Waals surface area contributed by atoms with Crippen molar-refractivity contribution in [2.75, 3.05) is 33.2 Å². The first kappa shape index (κ1) is 15.3. The Balaban J connectivity index is 1.82. The lowest BCUT2D eigenvalue weighted by Crippen LogP contribution is -2.42. The highest BCUT2D eigenvalue weighted by atomic mass is 16.2. The summed E-state index contributed by atoms with van der Waals surface area (Å²) < 4.78 is 0. The first-order valence-electron chi connectivity index (χ1n) is 7.78. The summed E-state index contributed by atoms with van der Waals surface area (Å²) in [4.78, 5) is 27.6. The summed E-state index contributed by atoms with van der Waals surface area (Å²) in [6.07, 6.45) is 5.03. The van der Waals surface area contributed by atoms with E-state index in [1.165, 1.54) is 26.2 Å². The third kappa shape index (κ3) is 4.20. The van der Waals surface area contributed by atoms with Crippen molar-refractivity contribution >= 4 is 11.8 Å². The molecule has 2 rings (SSSR count). The number of likely N-dealkylation sites (N-methyl/N-ethyl adjacent to an activating group) is 1. The van der Waals surface area contributed by atoms with E-state index in [-0.39, 0.29) is 11.8 Å². The van der Waals surface area contributed by atoms with Crippen molar-refractivity contribution in [3.63, 3.8) is 0 Å². The van der Waals surface area contributed by atoms with Gasteiger partial charge in [0, 0.05) is 45.6 Å². The number of rotatable bonds is 4. The SMILES string of the molecule is CC(=O)NCCCC(=O)N1C[C@H]2CCC[C@@H](C1)N(C)C2. The lowest BCUT2D eigenvalue weighted by molar-refractivity contribution is -0.132. The van der Waals surface area contributed by atoms with E-state index >= 15 is 0 Å². The fourth-order valence-electron chi connectivity index (χ4n) is 3.40. The topological polar surface area (TPSA) is 52.7 Å². The van der Waals surface area contributed by atoms with Crippen LogP contribution in [0.3, 0.4) is 0 Å². The maximum absolute atomic E-state index is 12.3. The van der Waals surface area contributed by atoms with Gasteiger partial charge in [-0.05, 0) is 32.2 Å². The zero-order valence-corrected chi connectivity index (χ0v) is 12.7. The maximum Gasteiger partial charge on any atom is 0.222 e. The van der Waals surface area contributed by atoms with Gasteiger partial charge in [-0.3, -0.25) is 9.59 Å². The first-order chi connectivity index (χ1) is 9.56. The molecule has 5 heteroatoms. The van der Waals surface area contributed by atoms with Gasteiger partial charge >= 0.3 is 0 Å². The van der Waals surface area contributed by atoms with Gasteiger partial charge in [0.2, 0.25) is 11.8 Å². The summed E-state index contributed by atoms with van der Waals surface area (Å²) in [7, 11) is 2.19. The molecule has 114 valence electrons. The molecule has 1 N–H and O–H groups in total. The van der Waals surface area contributed by atoms with Crippen molar-refractivity contribution in [3.8, 4) is 0 Å². The zero-order chi connectivity index (χ0) is 14.5. The number of fused-ring (bicyclic) bond motifs is 3. The second-order valence-corrected chi connectivity index (χ2v) is 6.28. The highest BCUT2D eigenvalue weighted by molar-refractivity contribution is 5.76. The Morgan fingerprint density at radius 1 is 1.20 bits per heavy atom. The minimum atomic E-state index is -0.0246. The molecule has 2 heterocycles. The number of hydrogen-bond donors (Lipinski definition) is 1. The van der Waals surface area contributed by atoms with Crippen molar-refractivity contribution in [1.82, 2.24) is 15.1 Å². The summed E-state index contributed by atoms with van der Waals surface area (Å²) in [5.41, 5.74) is 0. The van der Waals surface area contributed by atoms with E-state index in [0.29, 0.717) is 24.9 Å². The molecule has 0 unspecified atom stereocenters. The van der Waals surface area contributed by atoms with E-state index in [4.69, 9.17) is 0 Å². The predicted octanol–water partition coefficient (Wildman–Crippen LogP) is 0.845. The fraction of sp³-hybridized carbons (Fsp3) is 0.867. The Bertz CT molecular complexity index is 359. The Hall–Kier alpha value is -1.10. The van der Waals surface area contributed by atoms with Crippen LogP contribution in [-0.4, -0.2) is 60.9 Å². The minimum absolute atomic E-state index is 0.0246. The molecule has 20 heavy (non-hydrogen) atoms. The van der Waals surface area contributed by atoms with Crippen molar-refractivity contribution in [3.05, 3.63) is 0 Å². The van der Waals surface area contributed by atoms with Crippen molar-refractivity contribution in [2.45, 2.75) is 45.1 Å². The van der Waals surface area contributed by atoms with Crippen LogP contribution in [0.4, 0.5) is 0 Å². The Labute approximate surface area is 121 Å². The van der Waals surface area contributed by atoms with Crippen LogP contribution in [0.1, 0.15) is 39.0 Å². The molecule has 0 spiro atoms. The fourth-order valence-corrected chi connectivity index (χ4v) is 3.40. The molecule has 2 bridgehead atoms. The highest BCUT2D eigenvalue weighted by Crippen LogP contribution is 2.26. The molecule has 2 aliphatic rings. The number of likely N-dealkylation sites (tertiary alicyclic amines) is 1. The van der Waals surface area contributed by atoms with Crippen LogP contribution in [0.5, 0.6) is 0 Å². The Morgan fingerprint density at radius 2 is 2.00 bits per heavy atom. The molecule has 0 aromatic carbocycles. The van der Waals surface area contributed by atoms with E-state index < -0.39 is 0 Å². The van der Waals surface area contributed by atoms with Gasteiger partial charge in [-0.25, -0.2) is 0 Å². The molecule has 0 radical (unpaired) electrons. The monoisotopic (exact) mass is 281 g/mol. The third-order valence-corrected chi connectivity index (χ3v) is 4.52. The van der Waals surface area contributed by atoms with Gasteiger partial charge in [-0.2, -0.15) is 0 Å². The van der Waals surface area contributed by atoms with E-state index in [1.54, 1.807) is 0 Å². The second-order valence-electron chi connectivity index (χ2n) is 6.28. The molecule has 2 fully saturated rings. The number of amides is 2. The zero-order valence-electron chi connectivity index (χ0n) is 12.7. The van der Waals surface area contributed by atoms with Gasteiger partial charge in [0.1, 0.15) is 0 Å². The van der Waals surface area contributed by atoms with E-state index in [1.807, 2.05) is 0 Å². The lowest BCUT2D eigenvalue weighted by atomic mass is 9.99. The van der Waals surface area contributed by atoms with Gasteiger partial charge in [0.15, 0.2) is 0 Å². The molecule has 0 aromatic heterocycles. The molecular weight excluding hydrogens is 254 g/mol. The van der Waals surface area contributed by atoms with Crippen LogP contribution in [0.15, 0.2) is 0 Å². The molecule has 2 atom stereocenters. The summed E-state index contributed by atoms with van der Waals surface area (Å²) in [5, 5.41) is 2.75. The van der Waals surface area contributed by atoms with Crippen molar-refractivity contribution < 1.29 is 9.59 Å². The smallest absolute Gasteiger partial charge is 0.222 e. The Kier molecular flexibility index (Phi) is 5.40. The summed E-state index contributed by atoms with van der Waals surface area (Å²) in [6, 6.07) is 0.529. The van der Waals surface area contributed by atoms with E-state index in [2.05, 4.69) is 22.2 Å². The van der Waals surface area contributed by atoms with Crippen LogP contribution < -0.4 is 5.32 Å². The number of nitrogens with one attached hydrogen (secondary N) is 1. The normalized spacial score (nSPS) is 27.0. The van der Waals surface area contributed by atoms with Crippen LogP contribution in [0.2, 0.25) is 0 Å². The molecule has 0 saturated carbocycles. The maximum atomic E-state index is 12.3. The van der Waals surface area contributed by atoms with Crippen LogP contribution >= 0.6 is 0 Å². The predicted molar refractivity (Wildman–Crippen MR) is 78.3 cm³/mol. The van der Waals surface area contributed by atoms with Gasteiger partial charge in [0.05, 0.1) is 0 Å².